The Balaban J connectivity index is 2.37. The minimum Gasteiger partial charge on any atom is -0.330 e. The maximum atomic E-state index is 5.64. The van der Waals surface area contributed by atoms with Gasteiger partial charge in [0.2, 0.25) is 0 Å². The van der Waals surface area contributed by atoms with Crippen LogP contribution < -0.4 is 5.73 Å². The molecule has 0 spiro atoms. The lowest BCUT2D eigenvalue weighted by Gasteiger charge is -2.20. The maximum Gasteiger partial charge on any atom is 0.0547 e. The Morgan fingerprint density at radius 3 is 2.78 bits per heavy atom. The Hall–Kier alpha value is -0.930. The summed E-state index contributed by atoms with van der Waals surface area (Å²) in [6.45, 7) is 10.4. The molecule has 18 heavy (non-hydrogen) atoms. The molecule has 1 aromatic heterocycles. The Kier molecular flexibility index (Phi) is 6.91. The fourth-order valence-corrected chi connectivity index (χ4v) is 2.05. The van der Waals surface area contributed by atoms with E-state index in [9.17, 15) is 0 Å². The highest BCUT2D eigenvalue weighted by molar-refractivity contribution is 5.09. The third kappa shape index (κ3) is 5.61. The minimum absolute atomic E-state index is 0.640. The SMILES string of the molecule is CCN(CCCC(C)CN)Cc1cccc(C)n1. The molecule has 1 rings (SSSR count). The van der Waals surface area contributed by atoms with Crippen molar-refractivity contribution in [2.75, 3.05) is 19.6 Å². The molecule has 0 amide bonds. The molecule has 0 bridgehead atoms. The molecule has 2 N–H and O–H groups in total. The zero-order valence-corrected chi connectivity index (χ0v) is 12.0. The van der Waals surface area contributed by atoms with Crippen LogP contribution in [0.2, 0.25) is 0 Å². The minimum atomic E-state index is 0.640. The smallest absolute Gasteiger partial charge is 0.0547 e. The number of rotatable bonds is 8. The summed E-state index contributed by atoms with van der Waals surface area (Å²) in [4.78, 5) is 7.01. The van der Waals surface area contributed by atoms with Gasteiger partial charge in [0.25, 0.3) is 0 Å². The second-order valence-corrected chi connectivity index (χ2v) is 5.12. The van der Waals surface area contributed by atoms with Crippen molar-refractivity contribution in [2.45, 2.75) is 40.2 Å². The normalized spacial score (nSPS) is 12.9. The Labute approximate surface area is 111 Å². The van der Waals surface area contributed by atoms with E-state index in [2.05, 4.69) is 35.9 Å². The van der Waals surface area contributed by atoms with Crippen LogP contribution in [0.25, 0.3) is 0 Å². The maximum absolute atomic E-state index is 5.64. The van der Waals surface area contributed by atoms with E-state index in [0.717, 1.165) is 31.9 Å². The molecule has 0 radical (unpaired) electrons. The van der Waals surface area contributed by atoms with Gasteiger partial charge >= 0.3 is 0 Å². The first-order valence-corrected chi connectivity index (χ1v) is 7.00. The number of aryl methyl sites for hydroxylation is 1. The summed E-state index contributed by atoms with van der Waals surface area (Å²) in [5, 5.41) is 0. The van der Waals surface area contributed by atoms with Gasteiger partial charge in [0.05, 0.1) is 5.69 Å². The molecular weight excluding hydrogens is 222 g/mol. The summed E-state index contributed by atoms with van der Waals surface area (Å²) in [6.07, 6.45) is 2.44. The second kappa shape index (κ2) is 8.22. The third-order valence-corrected chi connectivity index (χ3v) is 3.35. The van der Waals surface area contributed by atoms with E-state index in [4.69, 9.17) is 5.73 Å². The van der Waals surface area contributed by atoms with E-state index in [1.807, 2.05) is 13.0 Å². The highest BCUT2D eigenvalue weighted by Gasteiger charge is 2.06. The van der Waals surface area contributed by atoms with Gasteiger partial charge < -0.3 is 5.73 Å². The average molecular weight is 249 g/mol. The lowest BCUT2D eigenvalue weighted by atomic mass is 10.1. The zero-order chi connectivity index (χ0) is 13.4. The van der Waals surface area contributed by atoms with Crippen molar-refractivity contribution in [3.05, 3.63) is 29.6 Å². The molecule has 3 heteroatoms. The van der Waals surface area contributed by atoms with Crippen molar-refractivity contribution >= 4 is 0 Å². The van der Waals surface area contributed by atoms with Gasteiger partial charge in [-0.1, -0.05) is 19.9 Å². The molecule has 0 fully saturated rings. The summed E-state index contributed by atoms with van der Waals surface area (Å²) in [5.74, 6) is 0.640. The molecule has 0 aliphatic rings. The van der Waals surface area contributed by atoms with Crippen LogP contribution >= 0.6 is 0 Å². The van der Waals surface area contributed by atoms with Gasteiger partial charge in [0, 0.05) is 12.2 Å². The van der Waals surface area contributed by atoms with Crippen LogP contribution in [-0.4, -0.2) is 29.5 Å². The van der Waals surface area contributed by atoms with Crippen LogP contribution in [0.3, 0.4) is 0 Å². The highest BCUT2D eigenvalue weighted by Crippen LogP contribution is 2.08. The number of nitrogens with two attached hydrogens (primary N) is 1. The van der Waals surface area contributed by atoms with Gasteiger partial charge in [-0.15, -0.1) is 0 Å². The number of hydrogen-bond donors (Lipinski definition) is 1. The lowest BCUT2D eigenvalue weighted by molar-refractivity contribution is 0.264. The third-order valence-electron chi connectivity index (χ3n) is 3.35. The molecule has 0 saturated carbocycles. The number of pyridine rings is 1. The quantitative estimate of drug-likeness (QED) is 0.770. The second-order valence-electron chi connectivity index (χ2n) is 5.12. The first-order valence-electron chi connectivity index (χ1n) is 7.00. The van der Waals surface area contributed by atoms with Gasteiger partial charge in [-0.05, 0) is 57.5 Å². The molecule has 1 heterocycles. The van der Waals surface area contributed by atoms with Gasteiger partial charge in [0.15, 0.2) is 0 Å². The Bertz CT molecular complexity index is 338. The van der Waals surface area contributed by atoms with E-state index in [1.54, 1.807) is 0 Å². The van der Waals surface area contributed by atoms with Crippen molar-refractivity contribution in [2.24, 2.45) is 11.7 Å². The van der Waals surface area contributed by atoms with Crippen molar-refractivity contribution < 1.29 is 0 Å². The molecule has 0 aromatic carbocycles. The lowest BCUT2D eigenvalue weighted by Crippen LogP contribution is -2.25. The largest absolute Gasteiger partial charge is 0.330 e. The number of hydrogen-bond acceptors (Lipinski definition) is 3. The molecule has 3 nitrogen and oxygen atoms in total. The molecule has 0 saturated heterocycles. The average Bonchev–Trinajstić information content (AvgIpc) is 2.37. The molecule has 0 aliphatic heterocycles. The molecule has 1 aromatic rings. The van der Waals surface area contributed by atoms with Crippen LogP contribution in [0.15, 0.2) is 18.2 Å². The van der Waals surface area contributed by atoms with E-state index >= 15 is 0 Å². The monoisotopic (exact) mass is 249 g/mol. The highest BCUT2D eigenvalue weighted by atomic mass is 15.1. The molecule has 1 atom stereocenters. The fraction of sp³-hybridized carbons (Fsp3) is 0.667. The fourth-order valence-electron chi connectivity index (χ4n) is 2.05. The van der Waals surface area contributed by atoms with Gasteiger partial charge in [-0.3, -0.25) is 9.88 Å². The summed E-state index contributed by atoms with van der Waals surface area (Å²) >= 11 is 0. The van der Waals surface area contributed by atoms with Crippen LogP contribution in [0.1, 0.15) is 38.1 Å². The standard InChI is InChI=1S/C15H27N3/c1-4-18(10-6-7-13(2)11-16)12-15-9-5-8-14(3)17-15/h5,8-9,13H,4,6-7,10-12,16H2,1-3H3. The van der Waals surface area contributed by atoms with E-state index in [1.165, 1.54) is 18.5 Å². The van der Waals surface area contributed by atoms with Gasteiger partial charge in [-0.25, -0.2) is 0 Å². The zero-order valence-electron chi connectivity index (χ0n) is 12.0. The summed E-state index contributed by atoms with van der Waals surface area (Å²) in [7, 11) is 0. The van der Waals surface area contributed by atoms with Crippen molar-refractivity contribution in [3.63, 3.8) is 0 Å². The van der Waals surface area contributed by atoms with Crippen molar-refractivity contribution in [3.8, 4) is 0 Å². The Morgan fingerprint density at radius 1 is 1.39 bits per heavy atom. The Morgan fingerprint density at radius 2 is 2.17 bits per heavy atom. The van der Waals surface area contributed by atoms with Crippen LogP contribution in [0, 0.1) is 12.8 Å². The van der Waals surface area contributed by atoms with Crippen molar-refractivity contribution in [1.29, 1.82) is 0 Å². The van der Waals surface area contributed by atoms with Crippen LogP contribution in [0.5, 0.6) is 0 Å². The first kappa shape index (κ1) is 15.1. The van der Waals surface area contributed by atoms with Crippen LogP contribution in [-0.2, 0) is 6.54 Å². The van der Waals surface area contributed by atoms with E-state index in [0.29, 0.717) is 5.92 Å². The van der Waals surface area contributed by atoms with E-state index in [-0.39, 0.29) is 0 Å². The van der Waals surface area contributed by atoms with Gasteiger partial charge in [0.1, 0.15) is 0 Å². The van der Waals surface area contributed by atoms with Crippen LogP contribution in [0.4, 0.5) is 0 Å². The first-order chi connectivity index (χ1) is 8.65. The molecule has 102 valence electrons. The topological polar surface area (TPSA) is 42.1 Å². The predicted molar refractivity (Wildman–Crippen MR) is 77.4 cm³/mol. The van der Waals surface area contributed by atoms with Crippen molar-refractivity contribution in [1.82, 2.24) is 9.88 Å². The number of nitrogens with zero attached hydrogens (tertiary/aromatic N) is 2. The number of aromatic nitrogens is 1. The van der Waals surface area contributed by atoms with Gasteiger partial charge in [-0.2, -0.15) is 0 Å². The predicted octanol–water partition coefficient (Wildman–Crippen LogP) is 2.59. The molecular formula is C15H27N3. The molecule has 1 unspecified atom stereocenters. The van der Waals surface area contributed by atoms with E-state index < -0.39 is 0 Å². The summed E-state index contributed by atoms with van der Waals surface area (Å²) in [5.41, 5.74) is 7.91. The summed E-state index contributed by atoms with van der Waals surface area (Å²) in [6, 6.07) is 6.24. The molecule has 0 aliphatic carbocycles. The summed E-state index contributed by atoms with van der Waals surface area (Å²) < 4.78 is 0.